The normalized spacial score (nSPS) is 26.7. The number of rotatable bonds is 7. The van der Waals surface area contributed by atoms with Crippen LogP contribution >= 0.6 is 0 Å². The number of unbranched alkanes of at least 4 members (excludes halogenated alkanes) is 1. The standard InChI is InChI=1S/C28H38O/c1-3-5-6-21-7-8-27-20-26(14-13-25(27)19-21)24-11-9-22(10-12-24)23-15-17-28(18-16-23)29-4-2/h9-12,15-18,21,25-27H,3-8,13-14,19-20H2,1-2H3. The SMILES string of the molecule is CCCCC1CCC2CC(c3ccc(-c4ccc(OCC)cc4)cc3)CCC2C1. The fraction of sp³-hybridized carbons (Fsp3) is 0.571. The van der Waals surface area contributed by atoms with Crippen molar-refractivity contribution in [2.24, 2.45) is 17.8 Å². The second-order valence-corrected chi connectivity index (χ2v) is 9.43. The van der Waals surface area contributed by atoms with Crippen molar-refractivity contribution in [1.82, 2.24) is 0 Å². The molecule has 0 N–H and O–H groups in total. The Morgan fingerprint density at radius 1 is 0.759 bits per heavy atom. The van der Waals surface area contributed by atoms with Gasteiger partial charge in [0.1, 0.15) is 5.75 Å². The molecule has 4 rings (SSSR count). The lowest BCUT2D eigenvalue weighted by Gasteiger charge is -2.42. The molecule has 0 aliphatic heterocycles. The van der Waals surface area contributed by atoms with Crippen molar-refractivity contribution in [2.45, 2.75) is 77.6 Å². The fourth-order valence-corrected chi connectivity index (χ4v) is 5.90. The van der Waals surface area contributed by atoms with E-state index in [2.05, 4.69) is 55.5 Å². The highest BCUT2D eigenvalue weighted by Gasteiger charge is 2.35. The monoisotopic (exact) mass is 390 g/mol. The van der Waals surface area contributed by atoms with E-state index >= 15 is 0 Å². The average molecular weight is 391 g/mol. The van der Waals surface area contributed by atoms with Crippen LogP contribution in [0.1, 0.15) is 83.1 Å². The molecule has 2 aliphatic carbocycles. The minimum absolute atomic E-state index is 0.719. The smallest absolute Gasteiger partial charge is 0.119 e. The van der Waals surface area contributed by atoms with Crippen molar-refractivity contribution in [1.29, 1.82) is 0 Å². The second kappa shape index (κ2) is 9.83. The van der Waals surface area contributed by atoms with Gasteiger partial charge in [-0.1, -0.05) is 69.0 Å². The molecule has 29 heavy (non-hydrogen) atoms. The molecular weight excluding hydrogens is 352 g/mol. The molecule has 0 spiro atoms. The molecule has 156 valence electrons. The molecule has 0 amide bonds. The van der Waals surface area contributed by atoms with Crippen LogP contribution in [0.5, 0.6) is 5.75 Å². The summed E-state index contributed by atoms with van der Waals surface area (Å²) in [5.74, 6) is 4.76. The maximum atomic E-state index is 5.56. The molecular formula is C28H38O. The summed E-state index contributed by atoms with van der Waals surface area (Å²) in [4.78, 5) is 0. The molecule has 4 unspecified atom stereocenters. The van der Waals surface area contributed by atoms with Gasteiger partial charge in [0.25, 0.3) is 0 Å². The van der Waals surface area contributed by atoms with Gasteiger partial charge in [0.2, 0.25) is 0 Å². The lowest BCUT2D eigenvalue weighted by Crippen LogP contribution is -2.30. The van der Waals surface area contributed by atoms with Gasteiger partial charge in [0.15, 0.2) is 0 Å². The average Bonchev–Trinajstić information content (AvgIpc) is 2.78. The van der Waals surface area contributed by atoms with E-state index in [9.17, 15) is 0 Å². The third-order valence-corrected chi connectivity index (χ3v) is 7.57. The van der Waals surface area contributed by atoms with Crippen molar-refractivity contribution in [3.8, 4) is 16.9 Å². The molecule has 1 heteroatoms. The highest BCUT2D eigenvalue weighted by molar-refractivity contribution is 5.64. The molecule has 0 saturated heterocycles. The van der Waals surface area contributed by atoms with Crippen molar-refractivity contribution in [3.05, 3.63) is 54.1 Å². The van der Waals surface area contributed by atoms with E-state index in [1.54, 1.807) is 5.56 Å². The maximum Gasteiger partial charge on any atom is 0.119 e. The summed E-state index contributed by atoms with van der Waals surface area (Å²) < 4.78 is 5.56. The van der Waals surface area contributed by atoms with Gasteiger partial charge in [-0.2, -0.15) is 0 Å². The Morgan fingerprint density at radius 2 is 1.41 bits per heavy atom. The topological polar surface area (TPSA) is 9.23 Å². The Kier molecular flexibility index (Phi) is 6.95. The third kappa shape index (κ3) is 5.05. The van der Waals surface area contributed by atoms with E-state index in [0.29, 0.717) is 0 Å². The molecule has 0 radical (unpaired) electrons. The van der Waals surface area contributed by atoms with Gasteiger partial charge < -0.3 is 4.74 Å². The summed E-state index contributed by atoms with van der Waals surface area (Å²) in [5, 5.41) is 0. The number of hydrogen-bond acceptors (Lipinski definition) is 1. The number of ether oxygens (including phenoxy) is 1. The van der Waals surface area contributed by atoms with Crippen LogP contribution in [-0.4, -0.2) is 6.61 Å². The molecule has 2 aromatic carbocycles. The van der Waals surface area contributed by atoms with Gasteiger partial charge in [0.05, 0.1) is 6.61 Å². The van der Waals surface area contributed by atoms with Gasteiger partial charge in [-0.25, -0.2) is 0 Å². The zero-order chi connectivity index (χ0) is 20.1. The highest BCUT2D eigenvalue weighted by Crippen LogP contribution is 2.48. The largest absolute Gasteiger partial charge is 0.494 e. The third-order valence-electron chi connectivity index (χ3n) is 7.57. The first-order valence-electron chi connectivity index (χ1n) is 12.1. The van der Waals surface area contributed by atoms with Gasteiger partial charge in [-0.3, -0.25) is 0 Å². The molecule has 4 atom stereocenters. The zero-order valence-corrected chi connectivity index (χ0v) is 18.4. The van der Waals surface area contributed by atoms with Crippen molar-refractivity contribution < 1.29 is 4.74 Å². The van der Waals surface area contributed by atoms with E-state index in [1.165, 1.54) is 68.9 Å². The van der Waals surface area contributed by atoms with E-state index in [4.69, 9.17) is 4.74 Å². The van der Waals surface area contributed by atoms with E-state index in [-0.39, 0.29) is 0 Å². The summed E-state index contributed by atoms with van der Waals surface area (Å²) in [5.41, 5.74) is 4.14. The summed E-state index contributed by atoms with van der Waals surface area (Å²) in [7, 11) is 0. The quantitative estimate of drug-likeness (QED) is 0.462. The van der Waals surface area contributed by atoms with Crippen molar-refractivity contribution in [3.63, 3.8) is 0 Å². The predicted molar refractivity (Wildman–Crippen MR) is 123 cm³/mol. The minimum Gasteiger partial charge on any atom is -0.494 e. The van der Waals surface area contributed by atoms with Crippen LogP contribution < -0.4 is 4.74 Å². The molecule has 2 aliphatic rings. The van der Waals surface area contributed by atoms with Gasteiger partial charge in [-0.05, 0) is 91.5 Å². The van der Waals surface area contributed by atoms with Crippen LogP contribution in [0.3, 0.4) is 0 Å². The van der Waals surface area contributed by atoms with Crippen LogP contribution in [0.2, 0.25) is 0 Å². The predicted octanol–water partition coefficient (Wildman–Crippen LogP) is 8.24. The lowest BCUT2D eigenvalue weighted by atomic mass is 9.63. The molecule has 2 aromatic rings. The van der Waals surface area contributed by atoms with Gasteiger partial charge in [-0.15, -0.1) is 0 Å². The first-order chi connectivity index (χ1) is 14.3. The van der Waals surface area contributed by atoms with Gasteiger partial charge >= 0.3 is 0 Å². The van der Waals surface area contributed by atoms with Crippen molar-refractivity contribution in [2.75, 3.05) is 6.61 Å². The Hall–Kier alpha value is -1.76. The van der Waals surface area contributed by atoms with E-state index in [1.807, 2.05) is 6.92 Å². The molecule has 0 heterocycles. The van der Waals surface area contributed by atoms with Gasteiger partial charge in [0, 0.05) is 0 Å². The molecule has 0 aromatic heterocycles. The van der Waals surface area contributed by atoms with E-state index < -0.39 is 0 Å². The molecule has 1 nitrogen and oxygen atoms in total. The Balaban J connectivity index is 1.35. The molecule has 2 fully saturated rings. The first-order valence-corrected chi connectivity index (χ1v) is 12.1. The fourth-order valence-electron chi connectivity index (χ4n) is 5.90. The first kappa shape index (κ1) is 20.5. The minimum atomic E-state index is 0.719. The zero-order valence-electron chi connectivity index (χ0n) is 18.4. The summed E-state index contributed by atoms with van der Waals surface area (Å²) >= 11 is 0. The molecule has 2 saturated carbocycles. The molecule has 0 bridgehead atoms. The summed E-state index contributed by atoms with van der Waals surface area (Å²) in [6.07, 6.45) is 13.1. The van der Waals surface area contributed by atoms with Crippen LogP contribution in [-0.2, 0) is 0 Å². The highest BCUT2D eigenvalue weighted by atomic mass is 16.5. The maximum absolute atomic E-state index is 5.56. The lowest BCUT2D eigenvalue weighted by molar-refractivity contribution is 0.113. The Bertz CT molecular complexity index is 745. The second-order valence-electron chi connectivity index (χ2n) is 9.43. The Labute approximate surface area is 177 Å². The van der Waals surface area contributed by atoms with Crippen molar-refractivity contribution >= 4 is 0 Å². The van der Waals surface area contributed by atoms with Crippen LogP contribution in [0.4, 0.5) is 0 Å². The summed E-state index contributed by atoms with van der Waals surface area (Å²) in [6.45, 7) is 5.08. The number of hydrogen-bond donors (Lipinski definition) is 0. The summed E-state index contributed by atoms with van der Waals surface area (Å²) in [6, 6.07) is 17.9. The van der Waals surface area contributed by atoms with E-state index in [0.717, 1.165) is 36.0 Å². The number of benzene rings is 2. The van der Waals surface area contributed by atoms with Crippen LogP contribution in [0, 0.1) is 17.8 Å². The Morgan fingerprint density at radius 3 is 2.10 bits per heavy atom. The van der Waals surface area contributed by atoms with Crippen LogP contribution in [0.25, 0.3) is 11.1 Å². The van der Waals surface area contributed by atoms with Crippen LogP contribution in [0.15, 0.2) is 48.5 Å². The number of fused-ring (bicyclic) bond motifs is 1.